The summed E-state index contributed by atoms with van der Waals surface area (Å²) in [6.45, 7) is 11.1. The fraction of sp³-hybridized carbons (Fsp3) is 0.684. The van der Waals surface area contributed by atoms with Crippen molar-refractivity contribution < 1.29 is 18.8 Å². The van der Waals surface area contributed by atoms with E-state index in [4.69, 9.17) is 4.43 Å². The summed E-state index contributed by atoms with van der Waals surface area (Å²) in [6.07, 6.45) is 9.25. The van der Waals surface area contributed by atoms with Crippen LogP contribution in [-0.2, 0) is 18.8 Å². The summed E-state index contributed by atoms with van der Waals surface area (Å²) in [7, 11) is -0.474. The van der Waals surface area contributed by atoms with E-state index in [9.17, 15) is 9.59 Å². The Hall–Kier alpha value is -1.20. The molecule has 0 unspecified atom stereocenters. The number of Topliss-reactive ketones (excluding diaryl/α,β-unsaturated/α-hetero) is 1. The molecule has 0 aliphatic heterocycles. The molecule has 1 atom stereocenters. The van der Waals surface area contributed by atoms with Gasteiger partial charge in [0.15, 0.2) is 14.1 Å². The van der Waals surface area contributed by atoms with Gasteiger partial charge in [-0.3, -0.25) is 4.79 Å². The number of hydrogen-bond donors (Lipinski definition) is 0. The highest BCUT2D eigenvalue weighted by molar-refractivity contribution is 6.74. The fourth-order valence-electron chi connectivity index (χ4n) is 2.37. The van der Waals surface area contributed by atoms with Gasteiger partial charge >= 0.3 is 5.97 Å². The molecule has 4 nitrogen and oxygen atoms in total. The molecule has 0 amide bonds. The van der Waals surface area contributed by atoms with Crippen molar-refractivity contribution >= 4 is 20.1 Å². The Morgan fingerprint density at radius 3 is 2.58 bits per heavy atom. The number of ketones is 1. The number of rotatable bonds is 8. The summed E-state index contributed by atoms with van der Waals surface area (Å²) >= 11 is 0. The molecule has 0 bridgehead atoms. The van der Waals surface area contributed by atoms with Gasteiger partial charge in [0.25, 0.3) is 0 Å². The maximum absolute atomic E-state index is 12.2. The molecule has 24 heavy (non-hydrogen) atoms. The van der Waals surface area contributed by atoms with Crippen LogP contribution in [0.4, 0.5) is 0 Å². The first kappa shape index (κ1) is 20.8. The van der Waals surface area contributed by atoms with Gasteiger partial charge < -0.3 is 9.16 Å². The van der Waals surface area contributed by atoms with Crippen LogP contribution in [0.1, 0.15) is 52.9 Å². The molecule has 0 saturated heterocycles. The first-order chi connectivity index (χ1) is 11.1. The van der Waals surface area contributed by atoms with Crippen molar-refractivity contribution in [1.29, 1.82) is 0 Å². The van der Waals surface area contributed by atoms with E-state index in [1.165, 1.54) is 13.2 Å². The zero-order valence-electron chi connectivity index (χ0n) is 16.0. The van der Waals surface area contributed by atoms with E-state index in [0.717, 1.165) is 31.3 Å². The summed E-state index contributed by atoms with van der Waals surface area (Å²) in [4.78, 5) is 23.1. The molecule has 0 radical (unpaired) electrons. The maximum atomic E-state index is 12.2. The van der Waals surface area contributed by atoms with Crippen LogP contribution in [0, 0.1) is 0 Å². The number of carbonyl (C=O) groups excluding carboxylic acids is 2. The van der Waals surface area contributed by atoms with Gasteiger partial charge in [0.1, 0.15) is 0 Å². The smallest absolute Gasteiger partial charge is 0.330 e. The highest BCUT2D eigenvalue weighted by Crippen LogP contribution is 2.39. The van der Waals surface area contributed by atoms with Crippen LogP contribution in [0.15, 0.2) is 23.8 Å². The molecule has 1 rings (SSSR count). The minimum atomic E-state index is -1.84. The lowest BCUT2D eigenvalue weighted by atomic mass is 10.1. The third-order valence-corrected chi connectivity index (χ3v) is 9.41. The minimum Gasteiger partial charge on any atom is -0.466 e. The van der Waals surface area contributed by atoms with Crippen LogP contribution >= 0.6 is 0 Å². The molecular weight excluding hydrogens is 320 g/mol. The van der Waals surface area contributed by atoms with E-state index in [1.807, 2.05) is 12.2 Å². The van der Waals surface area contributed by atoms with Gasteiger partial charge in [-0.1, -0.05) is 26.8 Å². The molecule has 0 spiro atoms. The number of esters is 1. The van der Waals surface area contributed by atoms with Gasteiger partial charge in [0.2, 0.25) is 0 Å². The highest BCUT2D eigenvalue weighted by Gasteiger charge is 2.40. The predicted molar refractivity (Wildman–Crippen MR) is 99.4 cm³/mol. The second kappa shape index (κ2) is 8.76. The lowest BCUT2D eigenvalue weighted by Crippen LogP contribution is -2.43. The monoisotopic (exact) mass is 352 g/mol. The molecular formula is C19H32O4Si. The third-order valence-electron chi connectivity index (χ3n) is 4.91. The van der Waals surface area contributed by atoms with Gasteiger partial charge in [-0.05, 0) is 55.5 Å². The van der Waals surface area contributed by atoms with E-state index in [0.29, 0.717) is 6.42 Å². The topological polar surface area (TPSA) is 52.6 Å². The molecule has 0 saturated carbocycles. The number of ether oxygens (including phenoxy) is 1. The summed E-state index contributed by atoms with van der Waals surface area (Å²) in [5.74, 6) is -0.0990. The van der Waals surface area contributed by atoms with Crippen molar-refractivity contribution in [2.75, 3.05) is 7.11 Å². The Balaban J connectivity index is 2.42. The number of hydrogen-bond acceptors (Lipinski definition) is 4. The third kappa shape index (κ3) is 6.36. The molecule has 0 aromatic rings. The number of carbonyl (C=O) groups is 2. The van der Waals surface area contributed by atoms with Crippen LogP contribution < -0.4 is 0 Å². The number of methoxy groups -OCH3 is 1. The normalized spacial score (nSPS) is 19.0. The van der Waals surface area contributed by atoms with Crippen molar-refractivity contribution in [2.45, 2.75) is 77.1 Å². The van der Waals surface area contributed by atoms with Crippen LogP contribution in [0.25, 0.3) is 0 Å². The van der Waals surface area contributed by atoms with Gasteiger partial charge in [-0.25, -0.2) is 4.79 Å². The molecule has 5 heteroatoms. The van der Waals surface area contributed by atoms with Crippen LogP contribution in [0.5, 0.6) is 0 Å². The number of unbranched alkanes of at least 4 members (excludes halogenated alkanes) is 2. The standard InChI is InChI=1S/C19H32O4Si/c1-19(2,3)24(5,6)23-16-13-15(17(20)14-16)11-9-7-8-10-12-18(21)22-4/h10,12-13,16H,7-9,11,14H2,1-6H3/b12-10+/t16-/m0/s1. The van der Waals surface area contributed by atoms with Crippen LogP contribution in [-0.4, -0.2) is 33.3 Å². The van der Waals surface area contributed by atoms with Gasteiger partial charge in [0.05, 0.1) is 13.2 Å². The Morgan fingerprint density at radius 2 is 2.00 bits per heavy atom. The van der Waals surface area contributed by atoms with Crippen molar-refractivity contribution in [3.63, 3.8) is 0 Å². The molecule has 136 valence electrons. The van der Waals surface area contributed by atoms with Gasteiger partial charge in [-0.2, -0.15) is 0 Å². The van der Waals surface area contributed by atoms with E-state index in [-0.39, 0.29) is 22.9 Å². The lowest BCUT2D eigenvalue weighted by molar-refractivity contribution is -0.134. The first-order valence-corrected chi connectivity index (χ1v) is 11.6. The fourth-order valence-corrected chi connectivity index (χ4v) is 3.63. The minimum absolute atomic E-state index is 0.0485. The second-order valence-corrected chi connectivity index (χ2v) is 12.7. The Labute approximate surface area is 147 Å². The maximum Gasteiger partial charge on any atom is 0.330 e. The van der Waals surface area contributed by atoms with Crippen molar-refractivity contribution in [3.8, 4) is 0 Å². The highest BCUT2D eigenvalue weighted by atomic mass is 28.4. The Morgan fingerprint density at radius 1 is 1.33 bits per heavy atom. The van der Waals surface area contributed by atoms with E-state index in [2.05, 4.69) is 38.6 Å². The molecule has 0 aromatic carbocycles. The zero-order valence-corrected chi connectivity index (χ0v) is 17.0. The summed E-state index contributed by atoms with van der Waals surface area (Å²) < 4.78 is 10.9. The Bertz CT molecular complexity index is 512. The van der Waals surface area contributed by atoms with E-state index >= 15 is 0 Å². The van der Waals surface area contributed by atoms with E-state index in [1.54, 1.807) is 0 Å². The van der Waals surface area contributed by atoms with Crippen LogP contribution in [0.2, 0.25) is 18.1 Å². The molecule has 0 heterocycles. The summed E-state index contributed by atoms with van der Waals surface area (Å²) in [6, 6.07) is 0. The SMILES string of the molecule is COC(=O)/C=C/CCCCC1=C[C@H](O[Si](C)(C)C(C)(C)C)CC1=O. The second-order valence-electron chi connectivity index (χ2n) is 7.91. The summed E-state index contributed by atoms with van der Waals surface area (Å²) in [5.41, 5.74) is 0.913. The Kier molecular flexibility index (Phi) is 7.61. The quantitative estimate of drug-likeness (QED) is 0.278. The lowest BCUT2D eigenvalue weighted by Gasteiger charge is -2.37. The predicted octanol–water partition coefficient (Wildman–Crippen LogP) is 4.57. The molecule has 0 N–H and O–H groups in total. The van der Waals surface area contributed by atoms with Crippen LogP contribution in [0.3, 0.4) is 0 Å². The van der Waals surface area contributed by atoms with Gasteiger partial charge in [0, 0.05) is 12.5 Å². The average Bonchev–Trinajstić information content (AvgIpc) is 2.80. The van der Waals surface area contributed by atoms with E-state index < -0.39 is 8.32 Å². The van der Waals surface area contributed by atoms with Gasteiger partial charge in [-0.15, -0.1) is 0 Å². The molecule has 0 fully saturated rings. The number of allylic oxidation sites excluding steroid dienone is 2. The largest absolute Gasteiger partial charge is 0.466 e. The zero-order chi connectivity index (χ0) is 18.4. The molecule has 0 aromatic heterocycles. The van der Waals surface area contributed by atoms with Crippen molar-refractivity contribution in [3.05, 3.63) is 23.8 Å². The molecule has 1 aliphatic rings. The van der Waals surface area contributed by atoms with Crippen molar-refractivity contribution in [2.24, 2.45) is 0 Å². The summed E-state index contributed by atoms with van der Waals surface area (Å²) in [5, 5.41) is 0.151. The molecule has 1 aliphatic carbocycles. The first-order valence-electron chi connectivity index (χ1n) is 8.73. The average molecular weight is 353 g/mol. The van der Waals surface area contributed by atoms with Crippen molar-refractivity contribution in [1.82, 2.24) is 0 Å².